The molecular formula is C15H13FN4O. The number of halogens is 1. The zero-order valence-electron chi connectivity index (χ0n) is 11.6. The van der Waals surface area contributed by atoms with Gasteiger partial charge in [0.1, 0.15) is 41.2 Å². The fourth-order valence-corrected chi connectivity index (χ4v) is 1.41. The molecule has 0 radical (unpaired) electrons. The van der Waals surface area contributed by atoms with Crippen molar-refractivity contribution in [3.8, 4) is 24.0 Å². The molecule has 1 aromatic rings. The third kappa shape index (κ3) is 4.23. The molecule has 0 bridgehead atoms. The van der Waals surface area contributed by atoms with Gasteiger partial charge in [0.25, 0.3) is 0 Å². The number of nitrogens with zero attached hydrogens (tertiary/aromatic N) is 3. The van der Waals surface area contributed by atoms with E-state index in [9.17, 15) is 4.39 Å². The van der Waals surface area contributed by atoms with Gasteiger partial charge >= 0.3 is 0 Å². The standard InChI is InChI=1S/C15H13FN4O/c1-10(2)9-21-14-5-3-4-12(16)15(14)20-13(8-19)11(6-17)7-18/h3-5,10,20H,9H2,1-2H3. The summed E-state index contributed by atoms with van der Waals surface area (Å²) in [5.74, 6) is -0.188. The van der Waals surface area contributed by atoms with Gasteiger partial charge in [-0.2, -0.15) is 15.8 Å². The summed E-state index contributed by atoms with van der Waals surface area (Å²) in [6, 6.07) is 9.05. The van der Waals surface area contributed by atoms with E-state index in [1.165, 1.54) is 12.1 Å². The van der Waals surface area contributed by atoms with E-state index >= 15 is 0 Å². The average Bonchev–Trinajstić information content (AvgIpc) is 2.47. The second-order valence-electron chi connectivity index (χ2n) is 4.53. The molecule has 5 nitrogen and oxygen atoms in total. The molecule has 0 spiro atoms. The predicted octanol–water partition coefficient (Wildman–Crippen LogP) is 3.10. The van der Waals surface area contributed by atoms with E-state index in [1.54, 1.807) is 24.3 Å². The summed E-state index contributed by atoms with van der Waals surface area (Å²) in [5.41, 5.74) is -0.812. The summed E-state index contributed by atoms with van der Waals surface area (Å²) < 4.78 is 19.4. The number of hydrogen-bond donors (Lipinski definition) is 1. The lowest BCUT2D eigenvalue weighted by molar-refractivity contribution is 0.271. The average molecular weight is 284 g/mol. The van der Waals surface area contributed by atoms with Crippen LogP contribution in [0.4, 0.5) is 10.1 Å². The molecule has 1 N–H and O–H groups in total. The highest BCUT2D eigenvalue weighted by molar-refractivity contribution is 5.65. The van der Waals surface area contributed by atoms with E-state index < -0.39 is 11.4 Å². The second kappa shape index (κ2) is 7.53. The quantitative estimate of drug-likeness (QED) is 0.838. The number of nitrogens with one attached hydrogen (secondary N) is 1. The number of para-hydroxylation sites is 1. The lowest BCUT2D eigenvalue weighted by Crippen LogP contribution is -2.09. The molecule has 21 heavy (non-hydrogen) atoms. The number of nitriles is 3. The number of rotatable bonds is 5. The third-order valence-electron chi connectivity index (χ3n) is 2.38. The Morgan fingerprint density at radius 3 is 2.43 bits per heavy atom. The normalized spacial score (nSPS) is 9.19. The van der Waals surface area contributed by atoms with E-state index in [2.05, 4.69) is 5.32 Å². The van der Waals surface area contributed by atoms with Gasteiger partial charge in [0.15, 0.2) is 5.57 Å². The number of hydrogen-bond acceptors (Lipinski definition) is 5. The Hall–Kier alpha value is -3.04. The topological polar surface area (TPSA) is 92.6 Å². The zero-order chi connectivity index (χ0) is 15.8. The van der Waals surface area contributed by atoms with Gasteiger partial charge in [-0.1, -0.05) is 19.9 Å². The molecule has 0 atom stereocenters. The number of ether oxygens (including phenoxy) is 1. The van der Waals surface area contributed by atoms with Gasteiger partial charge in [0, 0.05) is 0 Å². The van der Waals surface area contributed by atoms with Gasteiger partial charge in [-0.15, -0.1) is 0 Å². The van der Waals surface area contributed by atoms with Crippen LogP contribution in [0.2, 0.25) is 0 Å². The van der Waals surface area contributed by atoms with Crippen LogP contribution in [0.5, 0.6) is 5.75 Å². The van der Waals surface area contributed by atoms with E-state index in [0.29, 0.717) is 6.61 Å². The van der Waals surface area contributed by atoms with Gasteiger partial charge < -0.3 is 10.1 Å². The van der Waals surface area contributed by atoms with Crippen molar-refractivity contribution in [3.63, 3.8) is 0 Å². The molecule has 0 aliphatic carbocycles. The van der Waals surface area contributed by atoms with Crippen molar-refractivity contribution in [2.75, 3.05) is 11.9 Å². The minimum absolute atomic E-state index is 0.0716. The predicted molar refractivity (Wildman–Crippen MR) is 74.2 cm³/mol. The smallest absolute Gasteiger partial charge is 0.163 e. The summed E-state index contributed by atoms with van der Waals surface area (Å²) in [6.07, 6.45) is 0. The van der Waals surface area contributed by atoms with Crippen molar-refractivity contribution >= 4 is 5.69 Å². The van der Waals surface area contributed by atoms with Gasteiger partial charge in [0.2, 0.25) is 0 Å². The second-order valence-corrected chi connectivity index (χ2v) is 4.53. The van der Waals surface area contributed by atoms with Crippen molar-refractivity contribution in [1.29, 1.82) is 15.8 Å². The third-order valence-corrected chi connectivity index (χ3v) is 2.38. The Morgan fingerprint density at radius 1 is 1.24 bits per heavy atom. The summed E-state index contributed by atoms with van der Waals surface area (Å²) in [7, 11) is 0. The molecule has 106 valence electrons. The lowest BCUT2D eigenvalue weighted by atomic mass is 10.2. The highest BCUT2D eigenvalue weighted by Gasteiger charge is 2.14. The molecular weight excluding hydrogens is 271 g/mol. The highest BCUT2D eigenvalue weighted by atomic mass is 19.1. The number of allylic oxidation sites excluding steroid dienone is 2. The maximum absolute atomic E-state index is 13.9. The molecule has 0 amide bonds. The first-order valence-electron chi connectivity index (χ1n) is 6.16. The number of anilines is 1. The number of benzene rings is 1. The van der Waals surface area contributed by atoms with Crippen LogP contribution < -0.4 is 10.1 Å². The highest BCUT2D eigenvalue weighted by Crippen LogP contribution is 2.29. The first-order chi connectivity index (χ1) is 10.0. The van der Waals surface area contributed by atoms with Crippen LogP contribution in [0.3, 0.4) is 0 Å². The molecule has 0 saturated heterocycles. The Kier molecular flexibility index (Phi) is 5.74. The van der Waals surface area contributed by atoms with Gasteiger partial charge in [-0.05, 0) is 18.1 Å². The molecule has 1 aromatic carbocycles. The molecule has 0 fully saturated rings. The summed E-state index contributed by atoms with van der Waals surface area (Å²) in [5, 5.41) is 29.0. The molecule has 1 rings (SSSR count). The van der Waals surface area contributed by atoms with Crippen LogP contribution in [0, 0.1) is 45.7 Å². The van der Waals surface area contributed by atoms with Crippen molar-refractivity contribution in [1.82, 2.24) is 0 Å². The Bertz CT molecular complexity index is 658. The largest absolute Gasteiger partial charge is 0.491 e. The Balaban J connectivity index is 3.19. The van der Waals surface area contributed by atoms with Crippen molar-refractivity contribution in [2.45, 2.75) is 13.8 Å². The minimum Gasteiger partial charge on any atom is -0.491 e. The maximum Gasteiger partial charge on any atom is 0.163 e. The zero-order valence-corrected chi connectivity index (χ0v) is 11.6. The Morgan fingerprint density at radius 2 is 1.90 bits per heavy atom. The Labute approximate surface area is 122 Å². The summed E-state index contributed by atoms with van der Waals surface area (Å²) >= 11 is 0. The monoisotopic (exact) mass is 284 g/mol. The van der Waals surface area contributed by atoms with Gasteiger partial charge in [-0.3, -0.25) is 0 Å². The van der Waals surface area contributed by atoms with Crippen LogP contribution >= 0.6 is 0 Å². The fourth-order valence-electron chi connectivity index (χ4n) is 1.41. The van der Waals surface area contributed by atoms with Gasteiger partial charge in [-0.25, -0.2) is 4.39 Å². The van der Waals surface area contributed by atoms with Gasteiger partial charge in [0.05, 0.1) is 6.61 Å². The van der Waals surface area contributed by atoms with E-state index in [-0.39, 0.29) is 23.1 Å². The van der Waals surface area contributed by atoms with Crippen LogP contribution in [0.1, 0.15) is 13.8 Å². The van der Waals surface area contributed by atoms with Crippen LogP contribution in [-0.2, 0) is 0 Å². The van der Waals surface area contributed by atoms with Crippen molar-refractivity contribution in [3.05, 3.63) is 35.3 Å². The molecule has 6 heteroatoms. The van der Waals surface area contributed by atoms with E-state index in [1.807, 2.05) is 13.8 Å². The van der Waals surface area contributed by atoms with Crippen LogP contribution in [0.25, 0.3) is 0 Å². The van der Waals surface area contributed by atoms with Crippen LogP contribution in [0.15, 0.2) is 29.5 Å². The SMILES string of the molecule is CC(C)COc1cccc(F)c1NC(C#N)=C(C#N)C#N. The first kappa shape index (κ1) is 16.0. The van der Waals surface area contributed by atoms with E-state index in [4.69, 9.17) is 20.5 Å². The van der Waals surface area contributed by atoms with Crippen molar-refractivity contribution in [2.24, 2.45) is 5.92 Å². The van der Waals surface area contributed by atoms with Crippen LogP contribution in [-0.4, -0.2) is 6.61 Å². The maximum atomic E-state index is 13.9. The molecule has 0 heterocycles. The molecule has 0 aliphatic rings. The first-order valence-corrected chi connectivity index (χ1v) is 6.16. The molecule has 0 aliphatic heterocycles. The van der Waals surface area contributed by atoms with Crippen molar-refractivity contribution < 1.29 is 9.13 Å². The fraction of sp³-hybridized carbons (Fsp3) is 0.267. The minimum atomic E-state index is -0.640. The molecule has 0 aromatic heterocycles. The summed E-state index contributed by atoms with van der Waals surface area (Å²) in [6.45, 7) is 4.25. The van der Waals surface area contributed by atoms with E-state index in [0.717, 1.165) is 0 Å². The molecule has 0 saturated carbocycles. The lowest BCUT2D eigenvalue weighted by Gasteiger charge is -2.14. The summed E-state index contributed by atoms with van der Waals surface area (Å²) in [4.78, 5) is 0. The molecule has 0 unspecified atom stereocenters.